The largest absolute Gasteiger partial charge is 0.454 e. The van der Waals surface area contributed by atoms with E-state index in [1.807, 2.05) is 30.1 Å². The lowest BCUT2D eigenvalue weighted by molar-refractivity contribution is -0.131. The van der Waals surface area contributed by atoms with E-state index < -0.39 is 0 Å². The van der Waals surface area contributed by atoms with Crippen molar-refractivity contribution in [3.05, 3.63) is 40.7 Å². The summed E-state index contributed by atoms with van der Waals surface area (Å²) in [7, 11) is 1.84. The number of aromatic nitrogens is 2. The number of ether oxygens (including phenoxy) is 2. The number of fused-ring (bicyclic) bond motifs is 1. The molecule has 1 fully saturated rings. The summed E-state index contributed by atoms with van der Waals surface area (Å²) in [4.78, 5) is 17.6. The molecule has 4 rings (SSSR count). The van der Waals surface area contributed by atoms with Gasteiger partial charge in [0.25, 0.3) is 0 Å². The van der Waals surface area contributed by atoms with Gasteiger partial charge < -0.3 is 14.4 Å². The van der Waals surface area contributed by atoms with E-state index in [0.29, 0.717) is 36.3 Å². The van der Waals surface area contributed by atoms with Crippen molar-refractivity contribution in [2.75, 3.05) is 26.4 Å². The van der Waals surface area contributed by atoms with Crippen molar-refractivity contribution < 1.29 is 14.3 Å². The molecule has 0 N–H and O–H groups in total. The highest BCUT2D eigenvalue weighted by Gasteiger charge is 2.28. The van der Waals surface area contributed by atoms with Crippen molar-refractivity contribution in [2.24, 2.45) is 7.05 Å². The number of benzene rings is 1. The molecular formula is C21H27ClN4O3. The van der Waals surface area contributed by atoms with E-state index in [4.69, 9.17) is 21.1 Å². The maximum Gasteiger partial charge on any atom is 0.231 e. The Hall–Kier alpha value is -2.25. The molecule has 1 amide bonds. The van der Waals surface area contributed by atoms with Crippen LogP contribution in [0.5, 0.6) is 11.5 Å². The SMILES string of the molecule is CCN1CCC[C@@H]1CN(Cc1nn(C)cc1Cl)C(=O)Cc1ccc2c(c1)OCO2. The summed E-state index contributed by atoms with van der Waals surface area (Å²) in [5.74, 6) is 1.49. The first-order chi connectivity index (χ1) is 14.0. The van der Waals surface area contributed by atoms with Gasteiger partial charge in [-0.05, 0) is 43.6 Å². The predicted octanol–water partition coefficient (Wildman–Crippen LogP) is 2.86. The van der Waals surface area contributed by atoms with Crippen LogP contribution >= 0.6 is 11.6 Å². The molecule has 7 nitrogen and oxygen atoms in total. The molecule has 0 radical (unpaired) electrons. The second-order valence-corrected chi connectivity index (χ2v) is 8.07. The van der Waals surface area contributed by atoms with Gasteiger partial charge in [-0.1, -0.05) is 24.6 Å². The minimum absolute atomic E-state index is 0.0635. The van der Waals surface area contributed by atoms with Gasteiger partial charge in [0.2, 0.25) is 12.7 Å². The maximum atomic E-state index is 13.3. The van der Waals surface area contributed by atoms with Crippen molar-refractivity contribution in [3.63, 3.8) is 0 Å². The third kappa shape index (κ3) is 4.51. The molecule has 0 spiro atoms. The summed E-state index contributed by atoms with van der Waals surface area (Å²) in [6.07, 6.45) is 4.36. The van der Waals surface area contributed by atoms with Crippen LogP contribution in [0.25, 0.3) is 0 Å². The highest BCUT2D eigenvalue weighted by Crippen LogP contribution is 2.33. The number of hydrogen-bond donors (Lipinski definition) is 0. The van der Waals surface area contributed by atoms with Gasteiger partial charge in [-0.15, -0.1) is 0 Å². The number of rotatable bonds is 7. The minimum atomic E-state index is 0.0635. The summed E-state index contributed by atoms with van der Waals surface area (Å²) in [5.41, 5.74) is 1.64. The smallest absolute Gasteiger partial charge is 0.231 e. The van der Waals surface area contributed by atoms with Crippen LogP contribution in [0, 0.1) is 0 Å². The molecule has 0 bridgehead atoms. The fourth-order valence-corrected chi connectivity index (χ4v) is 4.40. The Balaban J connectivity index is 1.51. The summed E-state index contributed by atoms with van der Waals surface area (Å²) in [6.45, 7) is 5.59. The van der Waals surface area contributed by atoms with E-state index in [1.54, 1.807) is 10.9 Å². The van der Waals surface area contributed by atoms with Gasteiger partial charge in [0.05, 0.1) is 18.0 Å². The van der Waals surface area contributed by atoms with Gasteiger partial charge in [-0.25, -0.2) is 0 Å². The van der Waals surface area contributed by atoms with Gasteiger partial charge in [0.15, 0.2) is 11.5 Å². The molecule has 2 aromatic rings. The molecule has 8 heteroatoms. The van der Waals surface area contributed by atoms with Crippen LogP contribution in [0.4, 0.5) is 0 Å². The molecule has 0 saturated carbocycles. The van der Waals surface area contributed by atoms with E-state index in [2.05, 4.69) is 16.9 Å². The first-order valence-corrected chi connectivity index (χ1v) is 10.5. The molecule has 1 aromatic heterocycles. The van der Waals surface area contributed by atoms with Crippen molar-refractivity contribution >= 4 is 17.5 Å². The Labute approximate surface area is 176 Å². The average Bonchev–Trinajstić information content (AvgIpc) is 3.41. The molecule has 2 aliphatic rings. The van der Waals surface area contributed by atoms with Crippen LogP contribution in [0.1, 0.15) is 31.0 Å². The monoisotopic (exact) mass is 418 g/mol. The molecule has 1 atom stereocenters. The summed E-state index contributed by atoms with van der Waals surface area (Å²) in [6, 6.07) is 6.05. The number of aryl methyl sites for hydroxylation is 1. The highest BCUT2D eigenvalue weighted by molar-refractivity contribution is 6.31. The van der Waals surface area contributed by atoms with E-state index >= 15 is 0 Å². The molecule has 1 saturated heterocycles. The number of carbonyl (C=O) groups excluding carboxylic acids is 1. The fourth-order valence-electron chi connectivity index (χ4n) is 4.16. The van der Waals surface area contributed by atoms with Crippen LogP contribution in [-0.4, -0.2) is 58.0 Å². The van der Waals surface area contributed by atoms with E-state index in [1.165, 1.54) is 6.42 Å². The Morgan fingerprint density at radius 1 is 1.34 bits per heavy atom. The van der Waals surface area contributed by atoms with Crippen LogP contribution in [0.2, 0.25) is 5.02 Å². The molecule has 2 aliphatic heterocycles. The van der Waals surface area contributed by atoms with Crippen molar-refractivity contribution in [2.45, 2.75) is 38.8 Å². The number of likely N-dealkylation sites (tertiary alicyclic amines) is 1. The lowest BCUT2D eigenvalue weighted by atomic mass is 10.1. The molecule has 156 valence electrons. The lowest BCUT2D eigenvalue weighted by Crippen LogP contribution is -2.43. The van der Waals surface area contributed by atoms with Gasteiger partial charge in [-0.2, -0.15) is 5.10 Å². The summed E-state index contributed by atoms with van der Waals surface area (Å²) in [5, 5.41) is 5.03. The second-order valence-electron chi connectivity index (χ2n) is 7.66. The van der Waals surface area contributed by atoms with Crippen LogP contribution in [0.15, 0.2) is 24.4 Å². The zero-order chi connectivity index (χ0) is 20.4. The Kier molecular flexibility index (Phi) is 5.96. The predicted molar refractivity (Wildman–Crippen MR) is 110 cm³/mol. The van der Waals surface area contributed by atoms with Crippen LogP contribution in [-0.2, 0) is 24.8 Å². The number of amides is 1. The summed E-state index contributed by atoms with van der Waals surface area (Å²) < 4.78 is 12.5. The van der Waals surface area contributed by atoms with Crippen molar-refractivity contribution in [1.82, 2.24) is 19.6 Å². The minimum Gasteiger partial charge on any atom is -0.454 e. The zero-order valence-corrected chi connectivity index (χ0v) is 17.7. The molecule has 29 heavy (non-hydrogen) atoms. The molecule has 3 heterocycles. The van der Waals surface area contributed by atoms with E-state index in [-0.39, 0.29) is 12.7 Å². The van der Waals surface area contributed by atoms with Gasteiger partial charge >= 0.3 is 0 Å². The first kappa shape index (κ1) is 20.0. The van der Waals surface area contributed by atoms with Crippen molar-refractivity contribution in [3.8, 4) is 11.5 Å². The average molecular weight is 419 g/mol. The molecule has 1 aromatic carbocycles. The standard InChI is InChI=1S/C21H27ClN4O3/c1-3-25-8-4-5-16(25)11-26(13-18-17(22)12-24(2)23-18)21(27)10-15-6-7-19-20(9-15)29-14-28-19/h6-7,9,12,16H,3-5,8,10-11,13-14H2,1-2H3/t16-/m1/s1. The number of halogens is 1. The van der Waals surface area contributed by atoms with Crippen LogP contribution in [0.3, 0.4) is 0 Å². The molecular weight excluding hydrogens is 392 g/mol. The van der Waals surface area contributed by atoms with Gasteiger partial charge in [0, 0.05) is 25.8 Å². The fraction of sp³-hybridized carbons (Fsp3) is 0.524. The van der Waals surface area contributed by atoms with Crippen molar-refractivity contribution in [1.29, 1.82) is 0 Å². The number of nitrogens with zero attached hydrogens (tertiary/aromatic N) is 4. The third-order valence-corrected chi connectivity index (χ3v) is 5.99. The normalized spacial score (nSPS) is 18.4. The Morgan fingerprint density at radius 3 is 2.93 bits per heavy atom. The third-order valence-electron chi connectivity index (χ3n) is 5.68. The number of hydrogen-bond acceptors (Lipinski definition) is 5. The first-order valence-electron chi connectivity index (χ1n) is 10.1. The van der Waals surface area contributed by atoms with E-state index in [9.17, 15) is 4.79 Å². The zero-order valence-electron chi connectivity index (χ0n) is 16.9. The lowest BCUT2D eigenvalue weighted by Gasteiger charge is -2.30. The number of carbonyl (C=O) groups is 1. The van der Waals surface area contributed by atoms with Crippen LogP contribution < -0.4 is 9.47 Å². The van der Waals surface area contributed by atoms with Gasteiger partial charge in [-0.3, -0.25) is 14.4 Å². The topological polar surface area (TPSA) is 59.8 Å². The Morgan fingerprint density at radius 2 is 2.17 bits per heavy atom. The summed E-state index contributed by atoms with van der Waals surface area (Å²) >= 11 is 6.33. The van der Waals surface area contributed by atoms with E-state index in [0.717, 1.165) is 36.5 Å². The van der Waals surface area contributed by atoms with Gasteiger partial charge in [0.1, 0.15) is 5.69 Å². The highest BCUT2D eigenvalue weighted by atomic mass is 35.5. The maximum absolute atomic E-state index is 13.3. The number of likely N-dealkylation sites (N-methyl/N-ethyl adjacent to an activating group) is 1. The molecule has 0 aliphatic carbocycles. The Bertz CT molecular complexity index is 885. The molecule has 0 unspecified atom stereocenters. The second kappa shape index (κ2) is 8.63. The quantitative estimate of drug-likeness (QED) is 0.692.